The zero-order valence-electron chi connectivity index (χ0n) is 17.4. The van der Waals surface area contributed by atoms with Crippen molar-refractivity contribution in [2.45, 2.75) is 25.1 Å². The summed E-state index contributed by atoms with van der Waals surface area (Å²) >= 11 is 0. The van der Waals surface area contributed by atoms with Crippen LogP contribution in [0.25, 0.3) is 0 Å². The lowest BCUT2D eigenvalue weighted by molar-refractivity contribution is -0.0885. The van der Waals surface area contributed by atoms with E-state index in [0.717, 1.165) is 24.3 Å². The molecule has 2 aromatic carbocycles. The first-order valence-corrected chi connectivity index (χ1v) is 10.0. The maximum Gasteiger partial charge on any atom is 0.454 e. The van der Waals surface area contributed by atoms with Gasteiger partial charge < -0.3 is 10.1 Å². The van der Waals surface area contributed by atoms with E-state index in [9.17, 15) is 27.2 Å². The molecule has 1 atom stereocenters. The summed E-state index contributed by atoms with van der Waals surface area (Å²) in [5, 5.41) is 2.89. The third kappa shape index (κ3) is 4.18. The van der Waals surface area contributed by atoms with Crippen LogP contribution < -0.4 is 10.1 Å². The molecule has 1 amide bonds. The number of nitrogens with one attached hydrogen (secondary N) is 1. The van der Waals surface area contributed by atoms with Crippen LogP contribution in [0.4, 0.5) is 17.6 Å². The number of benzene rings is 2. The molecule has 33 heavy (non-hydrogen) atoms. The molecule has 0 aliphatic carbocycles. The Morgan fingerprint density at radius 1 is 1.06 bits per heavy atom. The van der Waals surface area contributed by atoms with Crippen LogP contribution >= 0.6 is 0 Å². The van der Waals surface area contributed by atoms with Gasteiger partial charge in [-0.05, 0) is 48.4 Å². The summed E-state index contributed by atoms with van der Waals surface area (Å²) < 4.78 is 58.1. The van der Waals surface area contributed by atoms with E-state index in [4.69, 9.17) is 4.74 Å². The molecule has 1 aliphatic rings. The molecule has 9 heteroatoms. The normalized spacial score (nSPS) is 17.6. The molecule has 0 saturated heterocycles. The summed E-state index contributed by atoms with van der Waals surface area (Å²) in [4.78, 5) is 28.9. The molecule has 1 aliphatic heterocycles. The van der Waals surface area contributed by atoms with E-state index in [-0.39, 0.29) is 18.6 Å². The van der Waals surface area contributed by atoms with Gasteiger partial charge >= 0.3 is 6.18 Å². The van der Waals surface area contributed by atoms with Crippen molar-refractivity contribution in [3.8, 4) is 5.75 Å². The molecule has 3 aromatic rings. The van der Waals surface area contributed by atoms with Crippen LogP contribution in [0.15, 0.2) is 60.8 Å². The maximum absolute atomic E-state index is 14.5. The number of hydrogen-bond acceptors (Lipinski definition) is 4. The number of hydrogen-bond donors (Lipinski definition) is 1. The highest BCUT2D eigenvalue weighted by Crippen LogP contribution is 2.41. The Balaban J connectivity index is 1.74. The number of nitrogens with zero attached hydrogens (tertiary/aromatic N) is 1. The average Bonchev–Trinajstić information content (AvgIpc) is 2.80. The van der Waals surface area contributed by atoms with Crippen LogP contribution in [-0.2, 0) is 5.54 Å². The number of fused-ring (bicyclic) bond motifs is 1. The predicted molar refractivity (Wildman–Crippen MR) is 111 cm³/mol. The fourth-order valence-electron chi connectivity index (χ4n) is 3.80. The van der Waals surface area contributed by atoms with Crippen LogP contribution in [0, 0.1) is 12.7 Å². The lowest BCUT2D eigenvalue weighted by atomic mass is 9.80. The third-order valence-corrected chi connectivity index (χ3v) is 5.57. The Labute approximate surface area is 186 Å². The Kier molecular flexibility index (Phi) is 5.65. The molecule has 2 heterocycles. The lowest BCUT2D eigenvalue weighted by Gasteiger charge is -2.39. The number of aromatic nitrogens is 1. The fraction of sp³-hybridized carbons (Fsp3) is 0.208. The number of alkyl halides is 3. The number of pyridine rings is 1. The fourth-order valence-corrected chi connectivity index (χ4v) is 3.80. The van der Waals surface area contributed by atoms with Crippen molar-refractivity contribution in [3.05, 3.63) is 94.6 Å². The largest absolute Gasteiger partial charge is 0.491 e. The quantitative estimate of drug-likeness (QED) is 0.454. The van der Waals surface area contributed by atoms with Gasteiger partial charge in [0.1, 0.15) is 22.8 Å². The standard InChI is InChI=1S/C24H18F4N2O3/c1-14-4-9-17(13-18(14)25)23(10-12-33-19-3-2-11-29-20(19)23)30-22(32)16-7-5-15(6-8-16)21(31)24(26,27)28/h2-9,11,13H,10,12H2,1H3,(H,30,32)/t23-/m0/s1. The minimum atomic E-state index is -5.01. The smallest absolute Gasteiger partial charge is 0.454 e. The van der Waals surface area contributed by atoms with Gasteiger partial charge in [0.25, 0.3) is 11.7 Å². The number of amides is 1. The number of ketones is 1. The van der Waals surface area contributed by atoms with E-state index in [0.29, 0.717) is 22.6 Å². The van der Waals surface area contributed by atoms with Gasteiger partial charge in [-0.3, -0.25) is 14.6 Å². The van der Waals surface area contributed by atoms with Crippen molar-refractivity contribution in [3.63, 3.8) is 0 Å². The number of aryl methyl sites for hydroxylation is 1. The zero-order chi connectivity index (χ0) is 23.8. The van der Waals surface area contributed by atoms with E-state index < -0.39 is 34.8 Å². The summed E-state index contributed by atoms with van der Waals surface area (Å²) in [5.74, 6) is -2.65. The molecule has 1 aromatic heterocycles. The molecule has 170 valence electrons. The van der Waals surface area contributed by atoms with Crippen LogP contribution in [-0.4, -0.2) is 29.5 Å². The van der Waals surface area contributed by atoms with Crippen LogP contribution in [0.3, 0.4) is 0 Å². The van der Waals surface area contributed by atoms with E-state index in [1.54, 1.807) is 31.2 Å². The lowest BCUT2D eigenvalue weighted by Crippen LogP contribution is -2.50. The van der Waals surface area contributed by atoms with Gasteiger partial charge in [0.15, 0.2) is 0 Å². The first kappa shape index (κ1) is 22.4. The summed E-state index contributed by atoms with van der Waals surface area (Å²) in [6.07, 6.45) is -3.24. The predicted octanol–water partition coefficient (Wildman–Crippen LogP) is 4.73. The second-order valence-electron chi connectivity index (χ2n) is 7.68. The van der Waals surface area contributed by atoms with Crippen molar-refractivity contribution in [2.24, 2.45) is 0 Å². The SMILES string of the molecule is Cc1ccc([C@@]2(NC(=O)c3ccc(C(=O)C(F)(F)F)cc3)CCOc3cccnc32)cc1F. The molecule has 0 saturated carbocycles. The molecule has 0 spiro atoms. The van der Waals surface area contributed by atoms with Gasteiger partial charge in [0.05, 0.1) is 6.61 Å². The highest BCUT2D eigenvalue weighted by Gasteiger charge is 2.43. The highest BCUT2D eigenvalue weighted by molar-refractivity contribution is 6.01. The first-order chi connectivity index (χ1) is 15.6. The van der Waals surface area contributed by atoms with Crippen molar-refractivity contribution in [1.29, 1.82) is 0 Å². The topological polar surface area (TPSA) is 68.3 Å². The van der Waals surface area contributed by atoms with E-state index in [1.165, 1.54) is 12.3 Å². The monoisotopic (exact) mass is 458 g/mol. The molecule has 0 radical (unpaired) electrons. The molecule has 0 unspecified atom stereocenters. The summed E-state index contributed by atoms with van der Waals surface area (Å²) in [6, 6.07) is 12.1. The van der Waals surface area contributed by atoms with E-state index in [2.05, 4.69) is 10.3 Å². The third-order valence-electron chi connectivity index (χ3n) is 5.57. The number of ether oxygens (including phenoxy) is 1. The minimum absolute atomic E-state index is 0.0321. The molecular weight excluding hydrogens is 440 g/mol. The van der Waals surface area contributed by atoms with Gasteiger partial charge in [-0.2, -0.15) is 13.2 Å². The second kappa shape index (κ2) is 8.31. The number of carbonyl (C=O) groups is 2. The Morgan fingerprint density at radius 3 is 2.42 bits per heavy atom. The Bertz CT molecular complexity index is 1230. The van der Waals surface area contributed by atoms with Crippen LogP contribution in [0.2, 0.25) is 0 Å². The number of Topliss-reactive ketones (excluding diaryl/α,β-unsaturated/α-hetero) is 1. The van der Waals surface area contributed by atoms with Crippen LogP contribution in [0.1, 0.15) is 44.0 Å². The Hall–Kier alpha value is -3.75. The molecule has 1 N–H and O–H groups in total. The average molecular weight is 458 g/mol. The van der Waals surface area contributed by atoms with E-state index in [1.807, 2.05) is 0 Å². The minimum Gasteiger partial charge on any atom is -0.491 e. The number of carbonyl (C=O) groups excluding carboxylic acids is 2. The number of rotatable bonds is 4. The van der Waals surface area contributed by atoms with Gasteiger partial charge in [0, 0.05) is 23.7 Å². The summed E-state index contributed by atoms with van der Waals surface area (Å²) in [6.45, 7) is 1.83. The van der Waals surface area contributed by atoms with Gasteiger partial charge in [-0.15, -0.1) is 0 Å². The van der Waals surface area contributed by atoms with Crippen LogP contribution in [0.5, 0.6) is 5.75 Å². The second-order valence-corrected chi connectivity index (χ2v) is 7.68. The van der Waals surface area contributed by atoms with Crippen molar-refractivity contribution < 1.29 is 31.9 Å². The maximum atomic E-state index is 14.5. The van der Waals surface area contributed by atoms with Crippen molar-refractivity contribution in [1.82, 2.24) is 10.3 Å². The highest BCUT2D eigenvalue weighted by atomic mass is 19.4. The van der Waals surface area contributed by atoms with Crippen molar-refractivity contribution >= 4 is 11.7 Å². The molecule has 0 fully saturated rings. The van der Waals surface area contributed by atoms with Gasteiger partial charge in [-0.25, -0.2) is 4.39 Å². The number of halogens is 4. The first-order valence-electron chi connectivity index (χ1n) is 10.0. The summed E-state index contributed by atoms with van der Waals surface area (Å²) in [7, 11) is 0. The van der Waals surface area contributed by atoms with Gasteiger partial charge in [0.2, 0.25) is 0 Å². The van der Waals surface area contributed by atoms with Crippen molar-refractivity contribution in [2.75, 3.05) is 6.61 Å². The molecule has 4 rings (SSSR count). The zero-order valence-corrected chi connectivity index (χ0v) is 17.4. The molecule has 5 nitrogen and oxygen atoms in total. The Morgan fingerprint density at radius 2 is 1.76 bits per heavy atom. The van der Waals surface area contributed by atoms with Gasteiger partial charge in [-0.1, -0.05) is 24.3 Å². The summed E-state index contributed by atoms with van der Waals surface area (Å²) in [5.41, 5.74) is -0.515. The molecule has 0 bridgehead atoms. The molecular formula is C24H18F4N2O3. The van der Waals surface area contributed by atoms with E-state index >= 15 is 0 Å².